The summed E-state index contributed by atoms with van der Waals surface area (Å²) in [6.45, 7) is 6.99. The number of aryl methyl sites for hydroxylation is 1. The lowest BCUT2D eigenvalue weighted by molar-refractivity contribution is -0.114. The number of aromatic nitrogens is 2. The molecule has 1 aliphatic carbocycles. The molecule has 25 heavy (non-hydrogen) atoms. The summed E-state index contributed by atoms with van der Waals surface area (Å²) < 4.78 is 5.61. The Hall–Kier alpha value is -2.63. The molecule has 1 amide bonds. The third-order valence-electron chi connectivity index (χ3n) is 4.86. The van der Waals surface area contributed by atoms with Crippen molar-refractivity contribution in [2.75, 3.05) is 23.4 Å². The largest absolute Gasteiger partial charge is 0.478 e. The van der Waals surface area contributed by atoms with Crippen LogP contribution in [0.15, 0.2) is 24.4 Å². The first kappa shape index (κ1) is 15.9. The number of anilines is 3. The lowest BCUT2D eigenvalue weighted by Gasteiger charge is -2.20. The van der Waals surface area contributed by atoms with Gasteiger partial charge in [0.1, 0.15) is 11.6 Å². The summed E-state index contributed by atoms with van der Waals surface area (Å²) in [5.41, 5.74) is 3.64. The van der Waals surface area contributed by atoms with Gasteiger partial charge in [-0.3, -0.25) is 4.79 Å². The fourth-order valence-corrected chi connectivity index (χ4v) is 3.56. The average Bonchev–Trinajstić information content (AvgIpc) is 3.24. The molecule has 1 fully saturated rings. The molecule has 4 rings (SSSR count). The van der Waals surface area contributed by atoms with E-state index in [4.69, 9.17) is 4.74 Å². The smallest absolute Gasteiger partial charge is 0.222 e. The van der Waals surface area contributed by atoms with E-state index < -0.39 is 0 Å². The molecule has 1 spiro atoms. The van der Waals surface area contributed by atoms with Gasteiger partial charge in [-0.1, -0.05) is 0 Å². The van der Waals surface area contributed by atoms with Crippen LogP contribution in [0.1, 0.15) is 37.8 Å². The minimum Gasteiger partial charge on any atom is -0.478 e. The van der Waals surface area contributed by atoms with Gasteiger partial charge in [0.15, 0.2) is 0 Å². The quantitative estimate of drug-likeness (QED) is 0.926. The van der Waals surface area contributed by atoms with Crippen LogP contribution in [0.2, 0.25) is 0 Å². The molecule has 0 radical (unpaired) electrons. The first-order chi connectivity index (χ1) is 12.0. The van der Waals surface area contributed by atoms with Gasteiger partial charge in [-0.15, -0.1) is 0 Å². The maximum Gasteiger partial charge on any atom is 0.222 e. The van der Waals surface area contributed by atoms with Gasteiger partial charge in [0.25, 0.3) is 0 Å². The van der Waals surface area contributed by atoms with Crippen molar-refractivity contribution in [2.24, 2.45) is 0 Å². The molecule has 0 unspecified atom stereocenters. The fourth-order valence-electron chi connectivity index (χ4n) is 3.56. The zero-order chi connectivity index (χ0) is 17.6. The maximum absolute atomic E-state index is 11.4. The number of ether oxygens (including phenoxy) is 1. The zero-order valence-corrected chi connectivity index (χ0v) is 14.8. The Balaban J connectivity index is 1.77. The molecule has 6 nitrogen and oxygen atoms in total. The van der Waals surface area contributed by atoms with Crippen LogP contribution < -0.4 is 15.0 Å². The second-order valence-corrected chi connectivity index (χ2v) is 6.91. The first-order valence-electron chi connectivity index (χ1n) is 8.68. The van der Waals surface area contributed by atoms with Gasteiger partial charge >= 0.3 is 0 Å². The molecular weight excluding hydrogens is 316 g/mol. The summed E-state index contributed by atoms with van der Waals surface area (Å²) in [6, 6.07) is 5.98. The number of nitrogens with zero attached hydrogens (tertiary/aromatic N) is 3. The molecule has 1 saturated carbocycles. The Labute approximate surface area is 147 Å². The first-order valence-corrected chi connectivity index (χ1v) is 8.68. The molecule has 0 aromatic carbocycles. The van der Waals surface area contributed by atoms with Gasteiger partial charge in [-0.25, -0.2) is 4.98 Å². The lowest BCUT2D eigenvalue weighted by atomic mass is 10.0. The van der Waals surface area contributed by atoms with Crippen molar-refractivity contribution in [3.8, 4) is 5.88 Å². The van der Waals surface area contributed by atoms with Crippen molar-refractivity contribution >= 4 is 23.2 Å². The van der Waals surface area contributed by atoms with Gasteiger partial charge < -0.3 is 15.0 Å². The monoisotopic (exact) mass is 338 g/mol. The van der Waals surface area contributed by atoms with Gasteiger partial charge in [0, 0.05) is 42.8 Å². The van der Waals surface area contributed by atoms with Crippen molar-refractivity contribution < 1.29 is 9.53 Å². The zero-order valence-electron chi connectivity index (χ0n) is 14.8. The van der Waals surface area contributed by atoms with E-state index in [-0.39, 0.29) is 11.3 Å². The van der Waals surface area contributed by atoms with Crippen LogP contribution in [-0.2, 0) is 10.2 Å². The Bertz CT molecular complexity index is 845. The third-order valence-corrected chi connectivity index (χ3v) is 4.86. The van der Waals surface area contributed by atoms with E-state index in [1.165, 1.54) is 25.3 Å². The van der Waals surface area contributed by atoms with Crippen molar-refractivity contribution in [1.29, 1.82) is 0 Å². The van der Waals surface area contributed by atoms with Gasteiger partial charge in [0.2, 0.25) is 11.8 Å². The highest BCUT2D eigenvalue weighted by Gasteiger charge is 2.52. The Morgan fingerprint density at radius 3 is 2.84 bits per heavy atom. The van der Waals surface area contributed by atoms with E-state index in [1.54, 1.807) is 0 Å². The average molecular weight is 338 g/mol. The topological polar surface area (TPSA) is 67.3 Å². The molecule has 1 aliphatic heterocycles. The molecule has 2 aliphatic rings. The van der Waals surface area contributed by atoms with Crippen molar-refractivity contribution in [1.82, 2.24) is 9.97 Å². The summed E-state index contributed by atoms with van der Waals surface area (Å²) >= 11 is 0. The van der Waals surface area contributed by atoms with Crippen LogP contribution in [0.4, 0.5) is 17.3 Å². The number of pyridine rings is 2. The third kappa shape index (κ3) is 2.81. The molecule has 130 valence electrons. The van der Waals surface area contributed by atoms with Gasteiger partial charge in [-0.05, 0) is 38.3 Å². The summed E-state index contributed by atoms with van der Waals surface area (Å²) in [7, 11) is 0. The van der Waals surface area contributed by atoms with Crippen LogP contribution in [-0.4, -0.2) is 29.0 Å². The summed E-state index contributed by atoms with van der Waals surface area (Å²) in [5, 5.41) is 2.78. The molecule has 0 saturated heterocycles. The van der Waals surface area contributed by atoms with E-state index in [0.29, 0.717) is 18.3 Å². The van der Waals surface area contributed by atoms with E-state index in [1.807, 2.05) is 32.2 Å². The predicted octanol–water partition coefficient (Wildman–Crippen LogP) is 3.33. The van der Waals surface area contributed by atoms with Crippen LogP contribution in [0.25, 0.3) is 0 Å². The number of amides is 1. The molecule has 2 aromatic heterocycles. The molecule has 3 heterocycles. The van der Waals surface area contributed by atoms with Crippen molar-refractivity contribution in [2.45, 2.75) is 39.0 Å². The van der Waals surface area contributed by atoms with Crippen LogP contribution in [0.5, 0.6) is 5.88 Å². The molecular formula is C19H22N4O2. The SMILES string of the molecule is CCOc1cc(C)cc(N2CC3(CC3)c3cnc(NC(C)=O)cc32)n1. The minimum absolute atomic E-state index is 0.120. The molecule has 0 bridgehead atoms. The van der Waals surface area contributed by atoms with E-state index in [9.17, 15) is 4.79 Å². The second kappa shape index (κ2) is 5.72. The number of nitrogens with one attached hydrogen (secondary N) is 1. The summed E-state index contributed by atoms with van der Waals surface area (Å²) in [5.74, 6) is 1.98. The number of hydrogen-bond acceptors (Lipinski definition) is 5. The molecule has 2 aromatic rings. The maximum atomic E-state index is 11.4. The summed E-state index contributed by atoms with van der Waals surface area (Å²) in [6.07, 6.45) is 4.25. The van der Waals surface area contributed by atoms with Crippen molar-refractivity contribution in [3.05, 3.63) is 35.5 Å². The predicted molar refractivity (Wildman–Crippen MR) is 96.6 cm³/mol. The van der Waals surface area contributed by atoms with Gasteiger partial charge in [0.05, 0.1) is 12.3 Å². The fraction of sp³-hybridized carbons (Fsp3) is 0.421. The lowest BCUT2D eigenvalue weighted by Crippen LogP contribution is -2.20. The normalized spacial score (nSPS) is 16.7. The molecule has 6 heteroatoms. The van der Waals surface area contributed by atoms with Crippen LogP contribution in [0.3, 0.4) is 0 Å². The highest BCUT2D eigenvalue weighted by molar-refractivity contribution is 5.89. The Morgan fingerprint density at radius 1 is 1.36 bits per heavy atom. The van der Waals surface area contributed by atoms with Gasteiger partial charge in [-0.2, -0.15) is 4.98 Å². The summed E-state index contributed by atoms with van der Waals surface area (Å²) in [4.78, 5) is 22.7. The number of carbonyl (C=O) groups excluding carboxylic acids is 1. The number of rotatable bonds is 4. The number of carbonyl (C=O) groups is 1. The Kier molecular flexibility index (Phi) is 3.63. The van der Waals surface area contributed by atoms with Crippen molar-refractivity contribution in [3.63, 3.8) is 0 Å². The Morgan fingerprint density at radius 2 is 2.16 bits per heavy atom. The molecule has 1 N–H and O–H groups in total. The molecule has 0 atom stereocenters. The van der Waals surface area contributed by atoms with Crippen LogP contribution in [0, 0.1) is 6.92 Å². The van der Waals surface area contributed by atoms with E-state index in [2.05, 4.69) is 26.3 Å². The highest BCUT2D eigenvalue weighted by atomic mass is 16.5. The van der Waals surface area contributed by atoms with E-state index in [0.717, 1.165) is 23.6 Å². The second-order valence-electron chi connectivity index (χ2n) is 6.91. The number of fused-ring (bicyclic) bond motifs is 2. The number of hydrogen-bond donors (Lipinski definition) is 1. The van der Waals surface area contributed by atoms with E-state index >= 15 is 0 Å². The van der Waals surface area contributed by atoms with Crippen LogP contribution >= 0.6 is 0 Å². The standard InChI is InChI=1S/C19H22N4O2/c1-4-25-18-8-12(2)7-17(22-18)23-11-19(5-6-19)14-10-20-16(9-15(14)23)21-13(3)24/h7-10H,4-6,11H2,1-3H3,(H,20,21,24). The minimum atomic E-state index is -0.120. The highest BCUT2D eigenvalue weighted by Crippen LogP contribution is 2.58.